The molecule has 2 atom stereocenters. The van der Waals surface area contributed by atoms with Crippen molar-refractivity contribution in [3.05, 3.63) is 60.4 Å². The maximum absolute atomic E-state index is 12.9. The van der Waals surface area contributed by atoms with Gasteiger partial charge in [-0.15, -0.1) is 11.8 Å². The molecule has 5 nitrogen and oxygen atoms in total. The standard InChI is InChI=1S/C21H24FN3O2S/c1-15(28-14-20(26)24-18-9-7-16(22)8-10-18)21(27)25-12-11-19(13-25)23-17-5-3-2-4-6-17/h2-10,15,19,23H,11-14H2,1H3,(H,24,26). The van der Waals surface area contributed by atoms with Gasteiger partial charge in [0.2, 0.25) is 11.8 Å². The van der Waals surface area contributed by atoms with E-state index in [2.05, 4.69) is 10.6 Å². The van der Waals surface area contributed by atoms with Crippen molar-refractivity contribution < 1.29 is 14.0 Å². The molecule has 1 saturated heterocycles. The highest BCUT2D eigenvalue weighted by Crippen LogP contribution is 2.20. The van der Waals surface area contributed by atoms with Crippen LogP contribution in [-0.4, -0.2) is 46.8 Å². The maximum Gasteiger partial charge on any atom is 0.235 e. The molecule has 2 aromatic rings. The summed E-state index contributed by atoms with van der Waals surface area (Å²) in [7, 11) is 0. The van der Waals surface area contributed by atoms with Crippen LogP contribution < -0.4 is 10.6 Å². The molecule has 0 bridgehead atoms. The minimum Gasteiger partial charge on any atom is -0.380 e. The molecule has 0 aliphatic carbocycles. The summed E-state index contributed by atoms with van der Waals surface area (Å²) in [5, 5.41) is 5.86. The normalized spacial score (nSPS) is 17.2. The minimum absolute atomic E-state index is 0.0527. The number of para-hydroxylation sites is 1. The van der Waals surface area contributed by atoms with Gasteiger partial charge in [-0.1, -0.05) is 18.2 Å². The number of halogens is 1. The highest BCUT2D eigenvalue weighted by Gasteiger charge is 2.29. The first kappa shape index (κ1) is 20.2. The second kappa shape index (κ2) is 9.59. The molecule has 148 valence electrons. The Bertz CT molecular complexity index is 801. The summed E-state index contributed by atoms with van der Waals surface area (Å²) in [6.07, 6.45) is 0.906. The van der Waals surface area contributed by atoms with Gasteiger partial charge in [0, 0.05) is 30.5 Å². The molecule has 2 N–H and O–H groups in total. The average Bonchev–Trinajstić information content (AvgIpc) is 3.16. The van der Waals surface area contributed by atoms with Crippen molar-refractivity contribution in [2.45, 2.75) is 24.6 Å². The molecule has 0 saturated carbocycles. The van der Waals surface area contributed by atoms with Crippen LogP contribution >= 0.6 is 11.8 Å². The van der Waals surface area contributed by atoms with E-state index in [4.69, 9.17) is 0 Å². The predicted molar refractivity (Wildman–Crippen MR) is 112 cm³/mol. The second-order valence-electron chi connectivity index (χ2n) is 6.79. The van der Waals surface area contributed by atoms with Gasteiger partial charge >= 0.3 is 0 Å². The van der Waals surface area contributed by atoms with Crippen molar-refractivity contribution in [3.8, 4) is 0 Å². The zero-order valence-electron chi connectivity index (χ0n) is 15.7. The molecule has 3 rings (SSSR count). The number of nitrogens with zero attached hydrogens (tertiary/aromatic N) is 1. The van der Waals surface area contributed by atoms with E-state index < -0.39 is 0 Å². The Morgan fingerprint density at radius 3 is 2.57 bits per heavy atom. The molecule has 2 unspecified atom stereocenters. The molecule has 7 heteroatoms. The summed E-state index contributed by atoms with van der Waals surface area (Å²) in [5.74, 6) is -0.334. The summed E-state index contributed by atoms with van der Waals surface area (Å²) in [4.78, 5) is 26.6. The van der Waals surface area contributed by atoms with Gasteiger partial charge in [0.05, 0.1) is 11.0 Å². The SMILES string of the molecule is CC(SCC(=O)Nc1ccc(F)cc1)C(=O)N1CCC(Nc2ccccc2)C1. The van der Waals surface area contributed by atoms with Crippen molar-refractivity contribution in [2.75, 3.05) is 29.5 Å². The van der Waals surface area contributed by atoms with E-state index in [1.165, 1.54) is 36.0 Å². The number of nitrogens with one attached hydrogen (secondary N) is 2. The summed E-state index contributed by atoms with van der Waals surface area (Å²) in [6.45, 7) is 3.21. The van der Waals surface area contributed by atoms with Crippen molar-refractivity contribution >= 4 is 35.0 Å². The quantitative estimate of drug-likeness (QED) is 0.744. The molecule has 0 radical (unpaired) electrons. The van der Waals surface area contributed by atoms with Crippen LogP contribution in [0.2, 0.25) is 0 Å². The Morgan fingerprint density at radius 1 is 1.14 bits per heavy atom. The van der Waals surface area contributed by atoms with Gasteiger partial charge in [-0.2, -0.15) is 0 Å². The lowest BCUT2D eigenvalue weighted by atomic mass is 10.2. The van der Waals surface area contributed by atoms with Gasteiger partial charge in [-0.25, -0.2) is 4.39 Å². The second-order valence-corrected chi connectivity index (χ2v) is 8.12. The molecule has 1 fully saturated rings. The van der Waals surface area contributed by atoms with E-state index in [-0.39, 0.29) is 34.7 Å². The van der Waals surface area contributed by atoms with E-state index >= 15 is 0 Å². The number of hydrogen-bond acceptors (Lipinski definition) is 4. The molecule has 1 aliphatic rings. The Morgan fingerprint density at radius 2 is 1.86 bits per heavy atom. The topological polar surface area (TPSA) is 61.4 Å². The highest BCUT2D eigenvalue weighted by atomic mass is 32.2. The molecular weight excluding hydrogens is 377 g/mol. The van der Waals surface area contributed by atoms with Crippen LogP contribution in [0.5, 0.6) is 0 Å². The number of carbonyl (C=O) groups is 2. The van der Waals surface area contributed by atoms with E-state index in [0.29, 0.717) is 12.2 Å². The lowest BCUT2D eigenvalue weighted by Gasteiger charge is -2.21. The number of amides is 2. The third-order valence-corrected chi connectivity index (χ3v) is 5.72. The maximum atomic E-state index is 12.9. The number of rotatable bonds is 7. The number of carbonyl (C=O) groups excluding carboxylic acids is 2. The van der Waals surface area contributed by atoms with Crippen molar-refractivity contribution in [1.82, 2.24) is 4.90 Å². The van der Waals surface area contributed by atoms with Gasteiger partial charge in [-0.05, 0) is 49.7 Å². The molecule has 1 aliphatic heterocycles. The lowest BCUT2D eigenvalue weighted by Crippen LogP contribution is -2.37. The van der Waals surface area contributed by atoms with Crippen LogP contribution in [0.1, 0.15) is 13.3 Å². The minimum atomic E-state index is -0.350. The number of hydrogen-bond donors (Lipinski definition) is 2. The highest BCUT2D eigenvalue weighted by molar-refractivity contribution is 8.01. The summed E-state index contributed by atoms with van der Waals surface area (Å²) in [6, 6.07) is 15.8. The molecule has 2 amide bonds. The van der Waals surface area contributed by atoms with E-state index in [1.54, 1.807) is 0 Å². The smallest absolute Gasteiger partial charge is 0.235 e. The zero-order chi connectivity index (χ0) is 19.9. The molecule has 2 aromatic carbocycles. The molecule has 1 heterocycles. The van der Waals surface area contributed by atoms with Crippen LogP contribution in [0.15, 0.2) is 54.6 Å². The fourth-order valence-electron chi connectivity index (χ4n) is 3.11. The Hall–Kier alpha value is -2.54. The number of likely N-dealkylation sites (tertiary alicyclic amines) is 1. The Kier molecular flexibility index (Phi) is 6.92. The first-order valence-corrected chi connectivity index (χ1v) is 10.3. The lowest BCUT2D eigenvalue weighted by molar-refractivity contribution is -0.129. The summed E-state index contributed by atoms with van der Waals surface area (Å²) >= 11 is 1.31. The number of benzene rings is 2. The third-order valence-electron chi connectivity index (χ3n) is 4.58. The third kappa shape index (κ3) is 5.73. The molecular formula is C21H24FN3O2S. The van der Waals surface area contributed by atoms with Gasteiger partial charge in [0.15, 0.2) is 0 Å². The van der Waals surface area contributed by atoms with Crippen LogP contribution in [0.25, 0.3) is 0 Å². The Labute approximate surface area is 168 Å². The van der Waals surface area contributed by atoms with Gasteiger partial charge < -0.3 is 15.5 Å². The van der Waals surface area contributed by atoms with Crippen LogP contribution in [-0.2, 0) is 9.59 Å². The van der Waals surface area contributed by atoms with E-state index in [9.17, 15) is 14.0 Å². The number of anilines is 2. The predicted octanol–water partition coefficient (Wildman–Crippen LogP) is 3.60. The van der Waals surface area contributed by atoms with Crippen LogP contribution in [0, 0.1) is 5.82 Å². The van der Waals surface area contributed by atoms with E-state index in [1.807, 2.05) is 42.2 Å². The van der Waals surface area contributed by atoms with Crippen molar-refractivity contribution in [2.24, 2.45) is 0 Å². The monoisotopic (exact) mass is 401 g/mol. The first-order chi connectivity index (χ1) is 13.5. The van der Waals surface area contributed by atoms with Crippen molar-refractivity contribution in [3.63, 3.8) is 0 Å². The largest absolute Gasteiger partial charge is 0.380 e. The summed E-state index contributed by atoms with van der Waals surface area (Å²) in [5.41, 5.74) is 1.60. The van der Waals surface area contributed by atoms with Gasteiger partial charge in [0.25, 0.3) is 0 Å². The van der Waals surface area contributed by atoms with E-state index in [0.717, 1.165) is 18.7 Å². The molecule has 0 spiro atoms. The molecule has 28 heavy (non-hydrogen) atoms. The average molecular weight is 402 g/mol. The van der Waals surface area contributed by atoms with Gasteiger partial charge in [-0.3, -0.25) is 9.59 Å². The van der Waals surface area contributed by atoms with Crippen molar-refractivity contribution in [1.29, 1.82) is 0 Å². The van der Waals surface area contributed by atoms with Crippen LogP contribution in [0.4, 0.5) is 15.8 Å². The molecule has 0 aromatic heterocycles. The zero-order valence-corrected chi connectivity index (χ0v) is 16.5. The van der Waals surface area contributed by atoms with Gasteiger partial charge in [0.1, 0.15) is 5.82 Å². The summed E-state index contributed by atoms with van der Waals surface area (Å²) < 4.78 is 12.9. The fraction of sp³-hybridized carbons (Fsp3) is 0.333. The Balaban J connectivity index is 1.41. The first-order valence-electron chi connectivity index (χ1n) is 9.28. The number of thioether (sulfide) groups is 1. The fourth-order valence-corrected chi connectivity index (χ4v) is 3.87. The van der Waals surface area contributed by atoms with Crippen LogP contribution in [0.3, 0.4) is 0 Å².